The molecular formula is C17H18N2O3S. The van der Waals surface area contributed by atoms with Crippen LogP contribution in [0.5, 0.6) is 0 Å². The Bertz CT molecular complexity index is 708. The number of ether oxygens (including phenoxy) is 1. The Morgan fingerprint density at radius 2 is 2.04 bits per heavy atom. The first kappa shape index (κ1) is 16.9. The number of amides is 1. The summed E-state index contributed by atoms with van der Waals surface area (Å²) in [4.78, 5) is 27.8. The maximum absolute atomic E-state index is 12.1. The molecule has 1 aromatic carbocycles. The van der Waals surface area contributed by atoms with Gasteiger partial charge in [-0.05, 0) is 25.5 Å². The summed E-state index contributed by atoms with van der Waals surface area (Å²) in [5, 5.41) is 4.94. The summed E-state index contributed by atoms with van der Waals surface area (Å²) in [5.74, 6) is -0.540. The van der Waals surface area contributed by atoms with E-state index in [1.54, 1.807) is 19.2 Å². The van der Waals surface area contributed by atoms with Crippen LogP contribution in [0.4, 0.5) is 5.13 Å². The molecule has 0 saturated carbocycles. The summed E-state index contributed by atoms with van der Waals surface area (Å²) >= 11 is 1.28. The molecule has 120 valence electrons. The SMILES string of the molecule is CCOC(=O)Cc1csc(NC(=O)/C(C)=C/c2ccccc2)n1. The molecule has 23 heavy (non-hydrogen) atoms. The van der Waals surface area contributed by atoms with Gasteiger partial charge in [-0.2, -0.15) is 0 Å². The largest absolute Gasteiger partial charge is 0.466 e. The molecule has 0 aliphatic carbocycles. The summed E-state index contributed by atoms with van der Waals surface area (Å²) in [6, 6.07) is 9.61. The monoisotopic (exact) mass is 330 g/mol. The first-order valence-electron chi connectivity index (χ1n) is 7.23. The summed E-state index contributed by atoms with van der Waals surface area (Å²) < 4.78 is 4.87. The average Bonchev–Trinajstić information content (AvgIpc) is 2.95. The quantitative estimate of drug-likeness (QED) is 0.652. The van der Waals surface area contributed by atoms with Crippen molar-refractivity contribution in [1.82, 2.24) is 4.98 Å². The number of esters is 1. The molecule has 0 aliphatic rings. The van der Waals surface area contributed by atoms with Gasteiger partial charge in [-0.1, -0.05) is 30.3 Å². The van der Waals surface area contributed by atoms with E-state index in [1.807, 2.05) is 36.4 Å². The molecule has 0 spiro atoms. The Morgan fingerprint density at radius 1 is 1.30 bits per heavy atom. The third-order valence-corrected chi connectivity index (χ3v) is 3.75. The molecule has 0 aliphatic heterocycles. The van der Waals surface area contributed by atoms with E-state index in [0.717, 1.165) is 5.56 Å². The third-order valence-electron chi connectivity index (χ3n) is 2.94. The zero-order chi connectivity index (χ0) is 16.7. The zero-order valence-electron chi connectivity index (χ0n) is 13.0. The minimum absolute atomic E-state index is 0.110. The minimum Gasteiger partial charge on any atom is -0.466 e. The highest BCUT2D eigenvalue weighted by molar-refractivity contribution is 7.14. The third kappa shape index (κ3) is 5.34. The Balaban J connectivity index is 1.96. The topological polar surface area (TPSA) is 68.3 Å². The lowest BCUT2D eigenvalue weighted by Gasteiger charge is -2.02. The minimum atomic E-state index is -0.323. The first-order chi connectivity index (χ1) is 11.1. The number of carbonyl (C=O) groups excluding carboxylic acids is 2. The van der Waals surface area contributed by atoms with Gasteiger partial charge < -0.3 is 4.74 Å². The predicted octanol–water partition coefficient (Wildman–Crippen LogP) is 3.29. The van der Waals surface area contributed by atoms with Crippen molar-refractivity contribution < 1.29 is 14.3 Å². The van der Waals surface area contributed by atoms with Gasteiger partial charge in [-0.25, -0.2) is 4.98 Å². The van der Waals surface area contributed by atoms with Gasteiger partial charge in [-0.3, -0.25) is 14.9 Å². The molecule has 1 N–H and O–H groups in total. The highest BCUT2D eigenvalue weighted by Crippen LogP contribution is 2.17. The molecule has 0 atom stereocenters. The molecule has 2 aromatic rings. The van der Waals surface area contributed by atoms with Crippen LogP contribution in [0, 0.1) is 0 Å². The van der Waals surface area contributed by atoms with E-state index in [1.165, 1.54) is 11.3 Å². The van der Waals surface area contributed by atoms with Gasteiger partial charge in [-0.15, -0.1) is 11.3 Å². The summed E-state index contributed by atoms with van der Waals surface area (Å²) in [7, 11) is 0. The van der Waals surface area contributed by atoms with Crippen molar-refractivity contribution in [2.45, 2.75) is 20.3 Å². The highest BCUT2D eigenvalue weighted by atomic mass is 32.1. The molecular weight excluding hydrogens is 312 g/mol. The molecule has 2 rings (SSSR count). The van der Waals surface area contributed by atoms with Gasteiger partial charge >= 0.3 is 5.97 Å². The molecule has 0 fully saturated rings. The highest BCUT2D eigenvalue weighted by Gasteiger charge is 2.11. The van der Waals surface area contributed by atoms with E-state index < -0.39 is 0 Å². The van der Waals surface area contributed by atoms with Gasteiger partial charge in [0.25, 0.3) is 5.91 Å². The van der Waals surface area contributed by atoms with Crippen molar-refractivity contribution in [2.24, 2.45) is 0 Å². The van der Waals surface area contributed by atoms with Crippen molar-refractivity contribution in [3.05, 3.63) is 52.5 Å². The average molecular weight is 330 g/mol. The first-order valence-corrected chi connectivity index (χ1v) is 8.11. The molecule has 1 aromatic heterocycles. The Hall–Kier alpha value is -2.47. The van der Waals surface area contributed by atoms with E-state index in [-0.39, 0.29) is 18.3 Å². The normalized spacial score (nSPS) is 11.1. The molecule has 1 heterocycles. The summed E-state index contributed by atoms with van der Waals surface area (Å²) in [6.45, 7) is 3.85. The standard InChI is InChI=1S/C17H18N2O3S/c1-3-22-15(20)10-14-11-23-17(18-14)19-16(21)12(2)9-13-7-5-4-6-8-13/h4-9,11H,3,10H2,1-2H3,(H,18,19,21)/b12-9+. The number of nitrogens with zero attached hydrogens (tertiary/aromatic N) is 1. The fourth-order valence-corrected chi connectivity index (χ4v) is 2.57. The number of hydrogen-bond donors (Lipinski definition) is 1. The lowest BCUT2D eigenvalue weighted by molar-refractivity contribution is -0.142. The molecule has 0 radical (unpaired) electrons. The number of thiazole rings is 1. The second-order valence-corrected chi connectivity index (χ2v) is 5.68. The van der Waals surface area contributed by atoms with Crippen molar-refractivity contribution >= 4 is 34.4 Å². The van der Waals surface area contributed by atoms with E-state index in [4.69, 9.17) is 4.74 Å². The lowest BCUT2D eigenvalue weighted by atomic mass is 10.1. The zero-order valence-corrected chi connectivity index (χ0v) is 13.9. The number of hydrogen-bond acceptors (Lipinski definition) is 5. The summed E-state index contributed by atoms with van der Waals surface area (Å²) in [6.07, 6.45) is 1.92. The number of rotatable bonds is 6. The van der Waals surface area contributed by atoms with Gasteiger partial charge in [0.05, 0.1) is 18.7 Å². The van der Waals surface area contributed by atoms with E-state index >= 15 is 0 Å². The van der Waals surface area contributed by atoms with Crippen LogP contribution in [0.25, 0.3) is 6.08 Å². The fourth-order valence-electron chi connectivity index (χ4n) is 1.87. The van der Waals surface area contributed by atoms with Crippen molar-refractivity contribution in [3.8, 4) is 0 Å². The van der Waals surface area contributed by atoms with Crippen LogP contribution in [0.1, 0.15) is 25.1 Å². The van der Waals surface area contributed by atoms with E-state index in [9.17, 15) is 9.59 Å². The number of carbonyl (C=O) groups is 2. The van der Waals surface area contributed by atoms with E-state index in [2.05, 4.69) is 10.3 Å². The number of aromatic nitrogens is 1. The van der Waals surface area contributed by atoms with E-state index in [0.29, 0.717) is 23.0 Å². The van der Waals surface area contributed by atoms with Gasteiger partial charge in [0.2, 0.25) is 0 Å². The van der Waals surface area contributed by atoms with Gasteiger partial charge in [0.15, 0.2) is 5.13 Å². The van der Waals surface area contributed by atoms with Crippen LogP contribution in [0.2, 0.25) is 0 Å². The Morgan fingerprint density at radius 3 is 2.74 bits per heavy atom. The van der Waals surface area contributed by atoms with Gasteiger partial charge in [0, 0.05) is 11.0 Å². The van der Waals surface area contributed by atoms with Crippen LogP contribution in [0.3, 0.4) is 0 Å². The van der Waals surface area contributed by atoms with Crippen molar-refractivity contribution in [3.63, 3.8) is 0 Å². The maximum Gasteiger partial charge on any atom is 0.311 e. The van der Waals surface area contributed by atoms with Gasteiger partial charge in [0.1, 0.15) is 0 Å². The molecule has 6 heteroatoms. The molecule has 0 unspecified atom stereocenters. The summed E-state index contributed by atoms with van der Waals surface area (Å²) in [5.41, 5.74) is 2.13. The number of nitrogens with one attached hydrogen (secondary N) is 1. The number of anilines is 1. The van der Waals surface area contributed by atoms with Crippen LogP contribution in [0.15, 0.2) is 41.3 Å². The Kier molecular flexibility index (Phi) is 6.05. The van der Waals surface area contributed by atoms with Crippen LogP contribution in [-0.4, -0.2) is 23.5 Å². The van der Waals surface area contributed by atoms with Crippen LogP contribution < -0.4 is 5.32 Å². The van der Waals surface area contributed by atoms with Crippen LogP contribution >= 0.6 is 11.3 Å². The van der Waals surface area contributed by atoms with Crippen LogP contribution in [-0.2, 0) is 20.7 Å². The second kappa shape index (κ2) is 8.24. The smallest absolute Gasteiger partial charge is 0.311 e. The fraction of sp³-hybridized carbons (Fsp3) is 0.235. The molecule has 0 bridgehead atoms. The molecule has 5 nitrogen and oxygen atoms in total. The second-order valence-electron chi connectivity index (χ2n) is 4.82. The Labute approximate surface area is 139 Å². The molecule has 0 saturated heterocycles. The molecule has 1 amide bonds. The lowest BCUT2D eigenvalue weighted by Crippen LogP contribution is -2.13. The van der Waals surface area contributed by atoms with Crippen molar-refractivity contribution in [2.75, 3.05) is 11.9 Å². The van der Waals surface area contributed by atoms with Crippen molar-refractivity contribution in [1.29, 1.82) is 0 Å². The number of benzene rings is 1. The maximum atomic E-state index is 12.1. The predicted molar refractivity (Wildman–Crippen MR) is 91.2 cm³/mol.